The number of rotatable bonds is 6. The summed E-state index contributed by atoms with van der Waals surface area (Å²) in [5.41, 5.74) is 0.343. The fourth-order valence-corrected chi connectivity index (χ4v) is 2.66. The lowest BCUT2D eigenvalue weighted by Gasteiger charge is -2.37. The molecule has 0 saturated heterocycles. The van der Waals surface area contributed by atoms with Gasteiger partial charge in [0, 0.05) is 35.3 Å². The second-order valence-corrected chi connectivity index (χ2v) is 6.43. The largest absolute Gasteiger partial charge is 0.392 e. The lowest BCUT2D eigenvalue weighted by molar-refractivity contribution is -0.212. The van der Waals surface area contributed by atoms with Gasteiger partial charge in [-0.25, -0.2) is 8.78 Å². The average Bonchev–Trinajstić information content (AvgIpc) is 2.54. The van der Waals surface area contributed by atoms with Gasteiger partial charge < -0.3 is 15.9 Å². The van der Waals surface area contributed by atoms with E-state index in [1.807, 2.05) is 0 Å². The van der Waals surface area contributed by atoms with Crippen molar-refractivity contribution in [2.75, 3.05) is 6.54 Å². The van der Waals surface area contributed by atoms with E-state index in [2.05, 4.69) is 20.9 Å². The van der Waals surface area contributed by atoms with Gasteiger partial charge in [-0.2, -0.15) is 8.78 Å². The molecule has 0 bridgehead atoms. The molecule has 1 aromatic heterocycles. The first-order valence-corrected chi connectivity index (χ1v) is 7.97. The monoisotopic (exact) mass is 422 g/mol. The van der Waals surface area contributed by atoms with Gasteiger partial charge in [-0.1, -0.05) is 6.07 Å². The third-order valence-electron chi connectivity index (χ3n) is 3.75. The number of benzene rings is 1. The quantitative estimate of drug-likeness (QED) is 0.625. The maximum Gasteiger partial charge on any atom is 0.321 e. The van der Waals surface area contributed by atoms with E-state index in [4.69, 9.17) is 5.73 Å². The summed E-state index contributed by atoms with van der Waals surface area (Å²) in [4.78, 5) is 3.56. The molecule has 0 amide bonds. The molecule has 1 aromatic carbocycles. The standard InChI is InChI=1S/C16H15BrF4N2O2/c17-9-1-4-14(23-8-9)16(20,21)15(25,6-11(24)7-22)12-3-2-10(18)5-13(12)19/h1-5,8,11,24-25H,6-7,22H2. The SMILES string of the molecule is NCC(O)CC(O)(c1ccc(F)cc1F)C(F)(F)c1ccc(Br)cn1. The Morgan fingerprint density at radius 1 is 1.20 bits per heavy atom. The molecule has 0 aliphatic carbocycles. The first-order valence-electron chi connectivity index (χ1n) is 7.17. The Balaban J connectivity index is 2.63. The van der Waals surface area contributed by atoms with Crippen LogP contribution in [-0.2, 0) is 11.5 Å². The first-order chi connectivity index (χ1) is 11.6. The van der Waals surface area contributed by atoms with Crippen LogP contribution in [0.5, 0.6) is 0 Å². The molecule has 4 N–H and O–H groups in total. The van der Waals surface area contributed by atoms with E-state index >= 15 is 8.78 Å². The molecule has 9 heteroatoms. The molecule has 0 saturated carbocycles. The number of alkyl halides is 2. The Morgan fingerprint density at radius 2 is 1.88 bits per heavy atom. The van der Waals surface area contributed by atoms with Gasteiger partial charge in [-0.15, -0.1) is 0 Å². The number of halogens is 5. The minimum atomic E-state index is -4.09. The highest BCUT2D eigenvalue weighted by Gasteiger charge is 2.57. The zero-order valence-corrected chi connectivity index (χ0v) is 14.4. The van der Waals surface area contributed by atoms with Gasteiger partial charge in [0.15, 0.2) is 5.60 Å². The van der Waals surface area contributed by atoms with E-state index in [-0.39, 0.29) is 0 Å². The van der Waals surface area contributed by atoms with Crippen molar-refractivity contribution >= 4 is 15.9 Å². The fraction of sp³-hybridized carbons (Fsp3) is 0.312. The predicted molar refractivity (Wildman–Crippen MR) is 85.8 cm³/mol. The lowest BCUT2D eigenvalue weighted by Crippen LogP contribution is -2.48. The maximum absolute atomic E-state index is 15.1. The Morgan fingerprint density at radius 3 is 2.40 bits per heavy atom. The molecule has 1 heterocycles. The topological polar surface area (TPSA) is 79.4 Å². The smallest absolute Gasteiger partial charge is 0.321 e. The van der Waals surface area contributed by atoms with Crippen LogP contribution in [0.1, 0.15) is 17.7 Å². The molecule has 4 nitrogen and oxygen atoms in total. The highest BCUT2D eigenvalue weighted by atomic mass is 79.9. The van der Waals surface area contributed by atoms with Gasteiger partial charge in [0.1, 0.15) is 17.3 Å². The van der Waals surface area contributed by atoms with E-state index in [1.165, 1.54) is 6.07 Å². The second kappa shape index (κ2) is 7.36. The number of aliphatic hydroxyl groups excluding tert-OH is 1. The van der Waals surface area contributed by atoms with Crippen LogP contribution in [0.4, 0.5) is 17.6 Å². The summed E-state index contributed by atoms with van der Waals surface area (Å²) in [5.74, 6) is -6.46. The second-order valence-electron chi connectivity index (χ2n) is 5.51. The number of nitrogens with two attached hydrogens (primary N) is 1. The van der Waals surface area contributed by atoms with Crippen molar-refractivity contribution in [3.63, 3.8) is 0 Å². The van der Waals surface area contributed by atoms with Crippen molar-refractivity contribution in [3.8, 4) is 0 Å². The van der Waals surface area contributed by atoms with Gasteiger partial charge in [0.25, 0.3) is 0 Å². The molecule has 2 rings (SSSR count). The zero-order valence-electron chi connectivity index (χ0n) is 12.8. The molecular formula is C16H15BrF4N2O2. The molecule has 136 valence electrons. The molecule has 0 aliphatic rings. The van der Waals surface area contributed by atoms with Crippen LogP contribution in [0.25, 0.3) is 0 Å². The molecule has 0 aliphatic heterocycles. The minimum Gasteiger partial charge on any atom is -0.392 e. The zero-order chi connectivity index (χ0) is 18.8. The van der Waals surface area contributed by atoms with Crippen LogP contribution in [0.15, 0.2) is 41.0 Å². The van der Waals surface area contributed by atoms with Crippen LogP contribution >= 0.6 is 15.9 Å². The number of aromatic nitrogens is 1. The van der Waals surface area contributed by atoms with Gasteiger partial charge in [0.2, 0.25) is 0 Å². The summed E-state index contributed by atoms with van der Waals surface area (Å²) in [6.07, 6.45) is -1.43. The lowest BCUT2D eigenvalue weighted by atomic mass is 9.80. The molecule has 2 unspecified atom stereocenters. The number of hydrogen-bond acceptors (Lipinski definition) is 4. The molecule has 2 aromatic rings. The molecular weight excluding hydrogens is 408 g/mol. The van der Waals surface area contributed by atoms with Crippen molar-refractivity contribution in [3.05, 3.63) is 63.9 Å². The van der Waals surface area contributed by atoms with Crippen LogP contribution in [0, 0.1) is 11.6 Å². The van der Waals surface area contributed by atoms with Crippen LogP contribution in [-0.4, -0.2) is 27.8 Å². The Labute approximate surface area is 149 Å². The van der Waals surface area contributed by atoms with Crippen molar-refractivity contribution in [1.82, 2.24) is 4.98 Å². The van der Waals surface area contributed by atoms with Crippen LogP contribution in [0.2, 0.25) is 0 Å². The van der Waals surface area contributed by atoms with Gasteiger partial charge >= 0.3 is 5.92 Å². The Hall–Kier alpha value is -1.55. The third kappa shape index (κ3) is 3.84. The summed E-state index contributed by atoms with van der Waals surface area (Å²) in [6.45, 7) is -0.436. The van der Waals surface area contributed by atoms with E-state index in [0.717, 1.165) is 18.3 Å². The summed E-state index contributed by atoms with van der Waals surface area (Å²) in [5, 5.41) is 20.4. The van der Waals surface area contributed by atoms with Crippen LogP contribution in [0.3, 0.4) is 0 Å². The van der Waals surface area contributed by atoms with Crippen molar-refractivity contribution in [2.24, 2.45) is 5.73 Å². The van der Waals surface area contributed by atoms with E-state index < -0.39 is 53.5 Å². The van der Waals surface area contributed by atoms with Gasteiger partial charge in [-0.05, 0) is 34.1 Å². The van der Waals surface area contributed by atoms with Gasteiger partial charge in [0.05, 0.1) is 6.10 Å². The molecule has 2 atom stereocenters. The molecule has 0 radical (unpaired) electrons. The number of nitrogens with zero attached hydrogens (tertiary/aromatic N) is 1. The van der Waals surface area contributed by atoms with Crippen molar-refractivity contribution in [2.45, 2.75) is 24.0 Å². The highest BCUT2D eigenvalue weighted by molar-refractivity contribution is 9.10. The fourth-order valence-electron chi connectivity index (χ4n) is 2.43. The van der Waals surface area contributed by atoms with E-state index in [1.54, 1.807) is 0 Å². The number of pyridine rings is 1. The highest BCUT2D eigenvalue weighted by Crippen LogP contribution is 2.48. The summed E-state index contributed by atoms with van der Waals surface area (Å²) in [7, 11) is 0. The van der Waals surface area contributed by atoms with Gasteiger partial charge in [-0.3, -0.25) is 4.98 Å². The number of hydrogen-bond donors (Lipinski definition) is 3. The third-order valence-corrected chi connectivity index (χ3v) is 4.22. The van der Waals surface area contributed by atoms with Crippen molar-refractivity contribution in [1.29, 1.82) is 0 Å². The van der Waals surface area contributed by atoms with E-state index in [0.29, 0.717) is 16.6 Å². The normalized spacial score (nSPS) is 15.7. The minimum absolute atomic E-state index is 0.375. The van der Waals surface area contributed by atoms with E-state index in [9.17, 15) is 19.0 Å². The van der Waals surface area contributed by atoms with Crippen LogP contribution < -0.4 is 5.73 Å². The summed E-state index contributed by atoms with van der Waals surface area (Å²) in [6, 6.07) is 4.05. The first kappa shape index (κ1) is 19.8. The summed E-state index contributed by atoms with van der Waals surface area (Å²) >= 11 is 3.05. The molecule has 0 fully saturated rings. The average molecular weight is 423 g/mol. The predicted octanol–water partition coefficient (Wildman–Crippen LogP) is 2.81. The molecule has 25 heavy (non-hydrogen) atoms. The van der Waals surface area contributed by atoms with Crippen molar-refractivity contribution < 1.29 is 27.8 Å². The number of aliphatic hydroxyl groups is 2. The molecule has 0 spiro atoms. The Kier molecular flexibility index (Phi) is 5.82. The summed E-state index contributed by atoms with van der Waals surface area (Å²) < 4.78 is 57.8. The Bertz CT molecular complexity index is 745. The maximum atomic E-state index is 15.1.